The first kappa shape index (κ1) is 21.0. The van der Waals surface area contributed by atoms with E-state index in [1.54, 1.807) is 30.3 Å². The third kappa shape index (κ3) is 5.22. The standard InChI is InChI=1S/C22H22FN3O4/c1-3-29-17-9-11-20(30-4-2)19(13-17)24-21(27)14-26-22(28)12-10-18(25-26)15-5-7-16(23)8-6-15/h5-13H,3-4,14H2,1-2H3,(H,24,27). The van der Waals surface area contributed by atoms with Gasteiger partial charge in [-0.1, -0.05) is 0 Å². The summed E-state index contributed by atoms with van der Waals surface area (Å²) in [6.07, 6.45) is 0. The summed E-state index contributed by atoms with van der Waals surface area (Å²) in [5.41, 5.74) is 1.10. The number of aromatic nitrogens is 2. The Bertz CT molecular complexity index is 1080. The highest BCUT2D eigenvalue weighted by atomic mass is 19.1. The van der Waals surface area contributed by atoms with Crippen LogP contribution in [0.15, 0.2) is 59.4 Å². The van der Waals surface area contributed by atoms with Gasteiger partial charge in [0.2, 0.25) is 5.91 Å². The minimum absolute atomic E-state index is 0.293. The van der Waals surface area contributed by atoms with Gasteiger partial charge in [-0.25, -0.2) is 9.07 Å². The van der Waals surface area contributed by atoms with Crippen molar-refractivity contribution in [3.05, 3.63) is 70.8 Å². The number of rotatable bonds is 8. The number of benzene rings is 2. The van der Waals surface area contributed by atoms with Gasteiger partial charge in [0.1, 0.15) is 23.9 Å². The molecule has 0 saturated carbocycles. The second kappa shape index (κ2) is 9.69. The lowest BCUT2D eigenvalue weighted by atomic mass is 10.1. The summed E-state index contributed by atoms with van der Waals surface area (Å²) in [5, 5.41) is 6.97. The van der Waals surface area contributed by atoms with Crippen LogP contribution < -0.4 is 20.3 Å². The molecule has 1 heterocycles. The average Bonchev–Trinajstić information content (AvgIpc) is 2.72. The molecule has 0 atom stereocenters. The predicted molar refractivity (Wildman–Crippen MR) is 111 cm³/mol. The number of carbonyl (C=O) groups excluding carboxylic acids is 1. The first-order valence-electron chi connectivity index (χ1n) is 9.53. The molecule has 1 aromatic heterocycles. The van der Waals surface area contributed by atoms with Crippen LogP contribution in [0.5, 0.6) is 11.5 Å². The Labute approximate surface area is 173 Å². The van der Waals surface area contributed by atoms with Crippen molar-refractivity contribution in [2.24, 2.45) is 0 Å². The van der Waals surface area contributed by atoms with Crippen LogP contribution in [0.25, 0.3) is 11.3 Å². The predicted octanol–water partition coefficient (Wildman–Crippen LogP) is 3.49. The summed E-state index contributed by atoms with van der Waals surface area (Å²) in [6, 6.07) is 13.7. The van der Waals surface area contributed by atoms with Crippen LogP contribution in [0.1, 0.15) is 13.8 Å². The van der Waals surface area contributed by atoms with Crippen LogP contribution >= 0.6 is 0 Å². The van der Waals surface area contributed by atoms with Gasteiger partial charge in [-0.2, -0.15) is 5.10 Å². The van der Waals surface area contributed by atoms with Crippen LogP contribution in [0, 0.1) is 5.82 Å². The molecule has 0 aliphatic heterocycles. The van der Waals surface area contributed by atoms with E-state index in [2.05, 4.69) is 10.4 Å². The molecule has 8 heteroatoms. The number of carbonyl (C=O) groups is 1. The molecule has 3 aromatic rings. The lowest BCUT2D eigenvalue weighted by molar-refractivity contribution is -0.117. The molecular formula is C22H22FN3O4. The van der Waals surface area contributed by atoms with Crippen molar-refractivity contribution in [3.8, 4) is 22.8 Å². The van der Waals surface area contributed by atoms with Gasteiger partial charge in [0, 0.05) is 17.7 Å². The van der Waals surface area contributed by atoms with Gasteiger partial charge >= 0.3 is 0 Å². The molecule has 0 saturated heterocycles. The summed E-state index contributed by atoms with van der Waals surface area (Å²) in [5.74, 6) is 0.265. The van der Waals surface area contributed by atoms with E-state index in [4.69, 9.17) is 9.47 Å². The van der Waals surface area contributed by atoms with E-state index in [-0.39, 0.29) is 12.4 Å². The molecule has 0 spiro atoms. The quantitative estimate of drug-likeness (QED) is 0.614. The maximum atomic E-state index is 13.1. The number of amides is 1. The van der Waals surface area contributed by atoms with Gasteiger partial charge in [-0.3, -0.25) is 9.59 Å². The monoisotopic (exact) mass is 411 g/mol. The number of hydrogen-bond donors (Lipinski definition) is 1. The van der Waals surface area contributed by atoms with Crippen molar-refractivity contribution < 1.29 is 18.7 Å². The van der Waals surface area contributed by atoms with Crippen LogP contribution in [-0.4, -0.2) is 28.9 Å². The van der Waals surface area contributed by atoms with Crippen molar-refractivity contribution in [1.82, 2.24) is 9.78 Å². The van der Waals surface area contributed by atoms with E-state index in [0.29, 0.717) is 41.7 Å². The Morgan fingerprint density at radius 3 is 2.47 bits per heavy atom. The average molecular weight is 411 g/mol. The zero-order chi connectivity index (χ0) is 21.5. The maximum Gasteiger partial charge on any atom is 0.267 e. The molecule has 1 amide bonds. The van der Waals surface area contributed by atoms with Crippen LogP contribution in [-0.2, 0) is 11.3 Å². The number of hydrogen-bond acceptors (Lipinski definition) is 5. The molecule has 0 aliphatic rings. The second-order valence-corrected chi connectivity index (χ2v) is 6.29. The van der Waals surface area contributed by atoms with E-state index in [0.717, 1.165) is 4.68 Å². The van der Waals surface area contributed by atoms with Gasteiger partial charge in [-0.05, 0) is 56.3 Å². The lowest BCUT2D eigenvalue weighted by Crippen LogP contribution is -2.29. The first-order valence-corrected chi connectivity index (χ1v) is 9.53. The largest absolute Gasteiger partial charge is 0.494 e. The summed E-state index contributed by atoms with van der Waals surface area (Å²) < 4.78 is 25.2. The molecule has 0 bridgehead atoms. The topological polar surface area (TPSA) is 82.4 Å². The fraction of sp³-hybridized carbons (Fsp3) is 0.227. The molecule has 7 nitrogen and oxygen atoms in total. The van der Waals surface area contributed by atoms with Crippen LogP contribution in [0.4, 0.5) is 10.1 Å². The van der Waals surface area contributed by atoms with Crippen LogP contribution in [0.2, 0.25) is 0 Å². The van der Waals surface area contributed by atoms with E-state index in [1.807, 2.05) is 13.8 Å². The van der Waals surface area contributed by atoms with Crippen LogP contribution in [0.3, 0.4) is 0 Å². The Morgan fingerprint density at radius 1 is 1.03 bits per heavy atom. The molecule has 1 N–H and O–H groups in total. The highest BCUT2D eigenvalue weighted by Crippen LogP contribution is 2.29. The summed E-state index contributed by atoms with van der Waals surface area (Å²) >= 11 is 0. The molecule has 3 rings (SSSR count). The molecule has 0 aliphatic carbocycles. The number of nitrogens with one attached hydrogen (secondary N) is 1. The zero-order valence-electron chi connectivity index (χ0n) is 16.7. The third-order valence-corrected chi connectivity index (χ3v) is 4.14. The Morgan fingerprint density at radius 2 is 1.77 bits per heavy atom. The van der Waals surface area contributed by atoms with E-state index >= 15 is 0 Å². The van der Waals surface area contributed by atoms with Crippen molar-refractivity contribution in [1.29, 1.82) is 0 Å². The van der Waals surface area contributed by atoms with Gasteiger partial charge in [-0.15, -0.1) is 0 Å². The maximum absolute atomic E-state index is 13.1. The summed E-state index contributed by atoms with van der Waals surface area (Å²) in [7, 11) is 0. The van der Waals surface area contributed by atoms with Gasteiger partial charge in [0.25, 0.3) is 5.56 Å². The molecule has 30 heavy (non-hydrogen) atoms. The van der Waals surface area contributed by atoms with Crippen molar-refractivity contribution in [3.63, 3.8) is 0 Å². The molecular weight excluding hydrogens is 389 g/mol. The van der Waals surface area contributed by atoms with Gasteiger partial charge in [0.05, 0.1) is 24.6 Å². The smallest absolute Gasteiger partial charge is 0.267 e. The van der Waals surface area contributed by atoms with Gasteiger partial charge in [0.15, 0.2) is 0 Å². The molecule has 156 valence electrons. The zero-order valence-corrected chi connectivity index (χ0v) is 16.7. The molecule has 2 aromatic carbocycles. The lowest BCUT2D eigenvalue weighted by Gasteiger charge is -2.14. The SMILES string of the molecule is CCOc1ccc(OCC)c(NC(=O)Cn2nc(-c3ccc(F)cc3)ccc2=O)c1. The highest BCUT2D eigenvalue weighted by Gasteiger charge is 2.12. The Balaban J connectivity index is 1.81. The van der Waals surface area contributed by atoms with E-state index in [9.17, 15) is 14.0 Å². The Hall–Kier alpha value is -3.68. The fourth-order valence-electron chi connectivity index (χ4n) is 2.81. The Kier molecular flexibility index (Phi) is 6.79. The third-order valence-electron chi connectivity index (χ3n) is 4.14. The minimum atomic E-state index is -0.449. The van der Waals surface area contributed by atoms with Gasteiger partial charge < -0.3 is 14.8 Å². The van der Waals surface area contributed by atoms with E-state index < -0.39 is 11.5 Å². The fourth-order valence-corrected chi connectivity index (χ4v) is 2.81. The molecule has 0 fully saturated rings. The van der Waals surface area contributed by atoms with Crippen molar-refractivity contribution in [2.75, 3.05) is 18.5 Å². The first-order chi connectivity index (χ1) is 14.5. The number of halogens is 1. The minimum Gasteiger partial charge on any atom is -0.494 e. The summed E-state index contributed by atoms with van der Waals surface area (Å²) in [4.78, 5) is 24.8. The number of ether oxygens (including phenoxy) is 2. The normalized spacial score (nSPS) is 10.5. The van der Waals surface area contributed by atoms with Crippen molar-refractivity contribution in [2.45, 2.75) is 20.4 Å². The highest BCUT2D eigenvalue weighted by molar-refractivity contribution is 5.92. The molecule has 0 radical (unpaired) electrons. The number of nitrogens with zero attached hydrogens (tertiary/aromatic N) is 2. The summed E-state index contributed by atoms with van der Waals surface area (Å²) in [6.45, 7) is 4.32. The second-order valence-electron chi connectivity index (χ2n) is 6.29. The van der Waals surface area contributed by atoms with Crippen molar-refractivity contribution >= 4 is 11.6 Å². The molecule has 0 unspecified atom stereocenters. The number of anilines is 1. The van der Waals surface area contributed by atoms with E-state index in [1.165, 1.54) is 24.3 Å².